The van der Waals surface area contributed by atoms with Crippen LogP contribution in [0, 0.1) is 5.82 Å². The van der Waals surface area contributed by atoms with Crippen LogP contribution in [0.3, 0.4) is 0 Å². The minimum atomic E-state index is -0.507. The van der Waals surface area contributed by atoms with Gasteiger partial charge in [-0.1, -0.05) is 0 Å². The number of amides is 2. The summed E-state index contributed by atoms with van der Waals surface area (Å²) in [5.41, 5.74) is 0.519. The number of carbonyl (C=O) groups is 2. The minimum Gasteiger partial charge on any atom is -0.507 e. The number of phenols is 1. The summed E-state index contributed by atoms with van der Waals surface area (Å²) in [6.07, 6.45) is 1.61. The number of rotatable bonds is 2. The van der Waals surface area contributed by atoms with Crippen LogP contribution in [0.15, 0.2) is 35.2 Å². The topological polar surface area (TPSA) is 66.4 Å². The summed E-state index contributed by atoms with van der Waals surface area (Å²) in [5.74, 6) is -1.06. The molecule has 2 heterocycles. The summed E-state index contributed by atoms with van der Waals surface area (Å²) in [5, 5.41) is 11.5. The van der Waals surface area contributed by atoms with E-state index in [0.29, 0.717) is 10.5 Å². The van der Waals surface area contributed by atoms with E-state index in [9.17, 15) is 19.1 Å². The molecular weight excluding hydrogens is 313 g/mol. The molecule has 0 saturated carbocycles. The van der Waals surface area contributed by atoms with Crippen molar-refractivity contribution in [2.45, 2.75) is 0 Å². The lowest BCUT2D eigenvalue weighted by Crippen LogP contribution is -2.17. The Morgan fingerprint density at radius 1 is 1.19 bits per heavy atom. The molecule has 1 fully saturated rings. The van der Waals surface area contributed by atoms with E-state index in [4.69, 9.17) is 0 Å². The molecule has 4 nitrogen and oxygen atoms in total. The Bertz CT molecular complexity index is 782. The first-order valence-electron chi connectivity index (χ1n) is 5.86. The van der Waals surface area contributed by atoms with Crippen LogP contribution in [0.5, 0.6) is 5.75 Å². The first-order chi connectivity index (χ1) is 10.0. The van der Waals surface area contributed by atoms with Crippen LogP contribution in [-0.2, 0) is 4.79 Å². The van der Waals surface area contributed by atoms with Crippen LogP contribution in [0.1, 0.15) is 4.88 Å². The number of phenolic OH excluding ortho intramolecular Hbond substituents is 1. The van der Waals surface area contributed by atoms with E-state index in [2.05, 4.69) is 5.32 Å². The van der Waals surface area contributed by atoms with Crippen LogP contribution in [0.25, 0.3) is 16.5 Å². The maximum Gasteiger partial charge on any atom is 0.290 e. The van der Waals surface area contributed by atoms with Gasteiger partial charge in [0.15, 0.2) is 0 Å². The fourth-order valence-corrected chi connectivity index (χ4v) is 3.57. The SMILES string of the molecule is O=C1NC(=O)/C(=C/c2ccc(-c3ccc(F)cc3O)s2)S1. The predicted molar refractivity (Wildman–Crippen MR) is 80.5 cm³/mol. The molecule has 2 amide bonds. The zero-order valence-electron chi connectivity index (χ0n) is 10.4. The Morgan fingerprint density at radius 2 is 2.00 bits per heavy atom. The molecule has 0 bridgehead atoms. The third-order valence-corrected chi connectivity index (χ3v) is 4.64. The largest absolute Gasteiger partial charge is 0.507 e. The van der Waals surface area contributed by atoms with Gasteiger partial charge in [0.1, 0.15) is 11.6 Å². The lowest BCUT2D eigenvalue weighted by molar-refractivity contribution is -0.115. The van der Waals surface area contributed by atoms with Crippen LogP contribution in [-0.4, -0.2) is 16.3 Å². The van der Waals surface area contributed by atoms with Gasteiger partial charge in [0.2, 0.25) is 0 Å². The fourth-order valence-electron chi connectivity index (χ4n) is 1.84. The van der Waals surface area contributed by atoms with E-state index >= 15 is 0 Å². The number of benzene rings is 1. The Morgan fingerprint density at radius 3 is 2.67 bits per heavy atom. The van der Waals surface area contributed by atoms with Gasteiger partial charge in [-0.25, -0.2) is 4.39 Å². The second kappa shape index (κ2) is 5.34. The van der Waals surface area contributed by atoms with Gasteiger partial charge in [0.25, 0.3) is 11.1 Å². The lowest BCUT2D eigenvalue weighted by atomic mass is 10.1. The number of thiophene rings is 1. The van der Waals surface area contributed by atoms with Gasteiger partial charge in [-0.05, 0) is 42.1 Å². The van der Waals surface area contributed by atoms with Crippen molar-refractivity contribution in [1.82, 2.24) is 5.32 Å². The molecule has 7 heteroatoms. The first-order valence-corrected chi connectivity index (χ1v) is 7.50. The second-order valence-electron chi connectivity index (χ2n) is 4.22. The van der Waals surface area contributed by atoms with Crippen molar-refractivity contribution in [2.75, 3.05) is 0 Å². The Hall–Kier alpha value is -2.12. The number of hydrogen-bond acceptors (Lipinski definition) is 5. The molecule has 0 radical (unpaired) electrons. The molecule has 21 heavy (non-hydrogen) atoms. The molecule has 0 unspecified atom stereocenters. The smallest absolute Gasteiger partial charge is 0.290 e. The molecule has 106 valence electrons. The summed E-state index contributed by atoms with van der Waals surface area (Å²) in [6, 6.07) is 7.35. The van der Waals surface area contributed by atoms with Crippen LogP contribution in [0.4, 0.5) is 9.18 Å². The quantitative estimate of drug-likeness (QED) is 0.830. The Balaban J connectivity index is 1.92. The zero-order valence-corrected chi connectivity index (χ0v) is 12.1. The number of aromatic hydroxyl groups is 1. The van der Waals surface area contributed by atoms with E-state index in [1.165, 1.54) is 23.5 Å². The molecule has 1 saturated heterocycles. The summed E-state index contributed by atoms with van der Waals surface area (Å²) in [4.78, 5) is 24.4. The van der Waals surface area contributed by atoms with Gasteiger partial charge >= 0.3 is 0 Å². The summed E-state index contributed by atoms with van der Waals surface area (Å²) >= 11 is 2.18. The molecular formula is C14H8FNO3S2. The van der Waals surface area contributed by atoms with Crippen molar-refractivity contribution in [1.29, 1.82) is 0 Å². The van der Waals surface area contributed by atoms with Gasteiger partial charge in [-0.15, -0.1) is 11.3 Å². The van der Waals surface area contributed by atoms with Crippen molar-refractivity contribution >= 4 is 40.3 Å². The molecule has 3 rings (SSSR count). The monoisotopic (exact) mass is 321 g/mol. The maximum absolute atomic E-state index is 13.0. The normalized spacial score (nSPS) is 16.5. The number of halogens is 1. The molecule has 0 atom stereocenters. The number of nitrogens with one attached hydrogen (secondary N) is 1. The minimum absolute atomic E-state index is 0.140. The zero-order chi connectivity index (χ0) is 15.0. The van der Waals surface area contributed by atoms with Gasteiger partial charge in [0, 0.05) is 21.4 Å². The summed E-state index contributed by atoms with van der Waals surface area (Å²) in [6.45, 7) is 0. The van der Waals surface area contributed by atoms with E-state index in [1.54, 1.807) is 18.2 Å². The molecule has 2 aromatic rings. The molecule has 1 aliphatic rings. The van der Waals surface area contributed by atoms with Crippen molar-refractivity contribution in [2.24, 2.45) is 0 Å². The van der Waals surface area contributed by atoms with Gasteiger partial charge < -0.3 is 5.11 Å². The molecule has 0 aliphatic carbocycles. The van der Waals surface area contributed by atoms with Crippen LogP contribution >= 0.6 is 23.1 Å². The molecule has 0 spiro atoms. The number of imide groups is 1. The molecule has 1 aromatic heterocycles. The average Bonchev–Trinajstić information content (AvgIpc) is 2.97. The number of carbonyl (C=O) groups excluding carboxylic acids is 2. The Kier molecular flexibility index (Phi) is 3.52. The van der Waals surface area contributed by atoms with Gasteiger partial charge in [-0.2, -0.15) is 0 Å². The van der Waals surface area contributed by atoms with E-state index in [0.717, 1.165) is 27.6 Å². The predicted octanol–water partition coefficient (Wildman–Crippen LogP) is 3.58. The van der Waals surface area contributed by atoms with E-state index < -0.39 is 11.7 Å². The van der Waals surface area contributed by atoms with Crippen molar-refractivity contribution < 1.29 is 19.1 Å². The van der Waals surface area contributed by atoms with Gasteiger partial charge in [-0.3, -0.25) is 14.9 Å². The summed E-state index contributed by atoms with van der Waals surface area (Å²) < 4.78 is 13.0. The standard InChI is InChI=1S/C14H8FNO3S2/c15-7-1-3-9(10(17)5-7)11-4-2-8(20-11)6-12-13(18)16-14(19)21-12/h1-6,17H,(H,16,18,19)/b12-6-. The number of thioether (sulfide) groups is 1. The van der Waals surface area contributed by atoms with E-state index in [-0.39, 0.29) is 11.0 Å². The fraction of sp³-hybridized carbons (Fsp3) is 0. The van der Waals surface area contributed by atoms with Gasteiger partial charge in [0.05, 0.1) is 4.91 Å². The highest BCUT2D eigenvalue weighted by Crippen LogP contribution is 2.36. The van der Waals surface area contributed by atoms with E-state index in [1.807, 2.05) is 0 Å². The third-order valence-electron chi connectivity index (χ3n) is 2.77. The summed E-state index contributed by atoms with van der Waals surface area (Å²) in [7, 11) is 0. The lowest BCUT2D eigenvalue weighted by Gasteiger charge is -2.01. The number of hydrogen-bond donors (Lipinski definition) is 2. The third kappa shape index (κ3) is 2.84. The van der Waals surface area contributed by atoms with Crippen molar-refractivity contribution in [3.8, 4) is 16.2 Å². The molecule has 2 N–H and O–H groups in total. The average molecular weight is 321 g/mol. The second-order valence-corrected chi connectivity index (χ2v) is 6.35. The highest BCUT2D eigenvalue weighted by molar-refractivity contribution is 8.18. The molecule has 1 aliphatic heterocycles. The van der Waals surface area contributed by atoms with Crippen LogP contribution in [0.2, 0.25) is 0 Å². The first kappa shape index (κ1) is 13.8. The maximum atomic E-state index is 13.0. The highest BCUT2D eigenvalue weighted by Gasteiger charge is 2.25. The van der Waals surface area contributed by atoms with Crippen LogP contribution < -0.4 is 5.32 Å². The van der Waals surface area contributed by atoms with Crippen molar-refractivity contribution in [3.05, 3.63) is 45.9 Å². The Labute approximate surface area is 127 Å². The highest BCUT2D eigenvalue weighted by atomic mass is 32.2. The molecule has 1 aromatic carbocycles. The van der Waals surface area contributed by atoms with Crippen molar-refractivity contribution in [3.63, 3.8) is 0 Å².